The summed E-state index contributed by atoms with van der Waals surface area (Å²) in [6, 6.07) is 6.85. The number of hydrogen-bond donors (Lipinski definition) is 2. The van der Waals surface area contributed by atoms with E-state index in [2.05, 4.69) is 21.8 Å². The molecule has 0 fully saturated rings. The molecule has 0 saturated heterocycles. The Hall–Kier alpha value is -3.37. The zero-order valence-electron chi connectivity index (χ0n) is 14.6. The highest BCUT2D eigenvalue weighted by Crippen LogP contribution is 2.18. The number of amides is 2. The number of thiophene rings is 1. The Balaban J connectivity index is 1.56. The average molecular weight is 379 g/mol. The molecule has 6 nitrogen and oxygen atoms in total. The standard InChI is InChI=1S/C20H17N3O3S/c1-13-5-6-18(27-13)20(25)23-9-7-14-3-2-4-15(11-14)26-16-8-10-22-17(12-16)19(21)24/h4-6,8,10-12H,7,9H2,1H3,(H2,21,24)(H,23,25). The van der Waals surface area contributed by atoms with Gasteiger partial charge in [-0.2, -0.15) is 0 Å². The maximum absolute atomic E-state index is 12.1. The molecule has 3 rings (SSSR count). The Bertz CT molecular complexity index is 1020. The van der Waals surface area contributed by atoms with Crippen molar-refractivity contribution >= 4 is 23.2 Å². The molecule has 1 aliphatic carbocycles. The molecule has 2 amide bonds. The minimum Gasteiger partial charge on any atom is -0.457 e. The highest BCUT2D eigenvalue weighted by Gasteiger charge is 2.09. The van der Waals surface area contributed by atoms with E-state index in [9.17, 15) is 9.59 Å². The van der Waals surface area contributed by atoms with Gasteiger partial charge in [0.2, 0.25) is 0 Å². The summed E-state index contributed by atoms with van der Waals surface area (Å²) in [4.78, 5) is 28.9. The van der Waals surface area contributed by atoms with Crippen molar-refractivity contribution in [3.05, 3.63) is 80.9 Å². The number of aromatic nitrogens is 1. The van der Waals surface area contributed by atoms with Crippen LogP contribution in [0.3, 0.4) is 0 Å². The summed E-state index contributed by atoms with van der Waals surface area (Å²) in [5.74, 6) is 0.294. The van der Waals surface area contributed by atoms with Gasteiger partial charge in [0.1, 0.15) is 17.2 Å². The number of carbonyl (C=O) groups is 2. The molecule has 7 heteroatoms. The fraction of sp³-hybridized carbons (Fsp3) is 0.150. The number of hydrogen-bond acceptors (Lipinski definition) is 5. The fourth-order valence-electron chi connectivity index (χ4n) is 2.34. The molecule has 0 saturated carbocycles. The number of carbonyl (C=O) groups excluding carboxylic acids is 2. The van der Waals surface area contributed by atoms with Gasteiger partial charge in [0, 0.05) is 35.3 Å². The topological polar surface area (TPSA) is 94.3 Å². The van der Waals surface area contributed by atoms with Crippen LogP contribution in [0.25, 0.3) is 0 Å². The highest BCUT2D eigenvalue weighted by atomic mass is 32.1. The molecular weight excluding hydrogens is 362 g/mol. The van der Waals surface area contributed by atoms with Crippen molar-refractivity contribution < 1.29 is 14.3 Å². The van der Waals surface area contributed by atoms with Crippen LogP contribution >= 0.6 is 11.3 Å². The maximum atomic E-state index is 12.1. The van der Waals surface area contributed by atoms with Crippen LogP contribution in [0.4, 0.5) is 0 Å². The van der Waals surface area contributed by atoms with Crippen molar-refractivity contribution in [1.29, 1.82) is 0 Å². The first-order valence-electron chi connectivity index (χ1n) is 8.22. The third-order valence-electron chi connectivity index (χ3n) is 3.63. The number of allylic oxidation sites excluding steroid dienone is 2. The molecule has 2 aromatic rings. The molecular formula is C20H17N3O3S. The normalized spacial score (nSPS) is 12.3. The van der Waals surface area contributed by atoms with Gasteiger partial charge >= 0.3 is 0 Å². The molecule has 0 bridgehead atoms. The van der Waals surface area contributed by atoms with Crippen molar-refractivity contribution in [1.82, 2.24) is 10.3 Å². The molecule has 0 unspecified atom stereocenters. The second-order valence-corrected chi connectivity index (χ2v) is 7.03. The van der Waals surface area contributed by atoms with Gasteiger partial charge in [0.15, 0.2) is 0 Å². The third-order valence-corrected chi connectivity index (χ3v) is 4.63. The van der Waals surface area contributed by atoms with Gasteiger partial charge in [0.25, 0.3) is 11.8 Å². The van der Waals surface area contributed by atoms with Crippen molar-refractivity contribution in [3.8, 4) is 5.75 Å². The summed E-state index contributed by atoms with van der Waals surface area (Å²) in [5, 5.41) is 2.89. The smallest absolute Gasteiger partial charge is 0.267 e. The van der Waals surface area contributed by atoms with Crippen LogP contribution in [-0.2, 0) is 0 Å². The van der Waals surface area contributed by atoms with E-state index in [0.717, 1.165) is 10.5 Å². The number of nitrogens with zero attached hydrogens (tertiary/aromatic N) is 1. The molecule has 2 heterocycles. The highest BCUT2D eigenvalue weighted by molar-refractivity contribution is 7.13. The Morgan fingerprint density at radius 3 is 2.93 bits per heavy atom. The van der Waals surface area contributed by atoms with Gasteiger partial charge in [-0.3, -0.25) is 14.6 Å². The summed E-state index contributed by atoms with van der Waals surface area (Å²) in [7, 11) is 0. The Morgan fingerprint density at radius 1 is 1.33 bits per heavy atom. The van der Waals surface area contributed by atoms with Crippen molar-refractivity contribution in [2.45, 2.75) is 13.3 Å². The monoisotopic (exact) mass is 379 g/mol. The van der Waals surface area contributed by atoms with Crippen molar-refractivity contribution in [2.24, 2.45) is 5.73 Å². The SMILES string of the molecule is Cc1ccc(C(=O)NCCC2=C=C=CC(Oc3ccnc(C(N)=O)c3)=C2)s1. The second-order valence-electron chi connectivity index (χ2n) is 5.74. The zero-order valence-corrected chi connectivity index (χ0v) is 15.4. The summed E-state index contributed by atoms with van der Waals surface area (Å²) in [6.45, 7) is 2.44. The molecule has 1 aliphatic rings. The van der Waals surface area contributed by atoms with Crippen molar-refractivity contribution in [2.75, 3.05) is 6.54 Å². The van der Waals surface area contributed by atoms with Gasteiger partial charge in [-0.05, 0) is 37.6 Å². The van der Waals surface area contributed by atoms with E-state index in [-0.39, 0.29) is 11.6 Å². The lowest BCUT2D eigenvalue weighted by Gasteiger charge is -2.09. The summed E-state index contributed by atoms with van der Waals surface area (Å²) >= 11 is 1.46. The van der Waals surface area contributed by atoms with Gasteiger partial charge < -0.3 is 15.8 Å². The molecule has 0 radical (unpaired) electrons. The minimum absolute atomic E-state index is 0.0831. The van der Waals surface area contributed by atoms with E-state index >= 15 is 0 Å². The lowest BCUT2D eigenvalue weighted by Crippen LogP contribution is -2.23. The first kappa shape index (κ1) is 18.4. The van der Waals surface area contributed by atoms with E-state index in [1.807, 2.05) is 25.1 Å². The van der Waals surface area contributed by atoms with Crippen LogP contribution in [-0.4, -0.2) is 23.3 Å². The number of aryl methyl sites for hydroxylation is 1. The minimum atomic E-state index is -0.620. The molecule has 0 atom stereocenters. The predicted molar refractivity (Wildman–Crippen MR) is 103 cm³/mol. The molecule has 136 valence electrons. The molecule has 27 heavy (non-hydrogen) atoms. The van der Waals surface area contributed by atoms with Crippen LogP contribution in [0.15, 0.2) is 65.4 Å². The number of ether oxygens (including phenoxy) is 1. The van der Waals surface area contributed by atoms with Gasteiger partial charge in [0.05, 0.1) is 4.88 Å². The summed E-state index contributed by atoms with van der Waals surface area (Å²) in [6.07, 6.45) is 5.49. The lowest BCUT2D eigenvalue weighted by atomic mass is 10.1. The van der Waals surface area contributed by atoms with Crippen LogP contribution in [0, 0.1) is 6.92 Å². The van der Waals surface area contributed by atoms with E-state index in [1.54, 1.807) is 12.1 Å². The Morgan fingerprint density at radius 2 is 2.19 bits per heavy atom. The van der Waals surface area contributed by atoms with Gasteiger partial charge in [-0.25, -0.2) is 0 Å². The number of nitrogens with two attached hydrogens (primary N) is 1. The van der Waals surface area contributed by atoms with Crippen LogP contribution in [0.5, 0.6) is 5.75 Å². The Kier molecular flexibility index (Phi) is 5.69. The molecule has 0 aromatic carbocycles. The maximum Gasteiger partial charge on any atom is 0.267 e. The average Bonchev–Trinajstić information content (AvgIpc) is 3.09. The van der Waals surface area contributed by atoms with Crippen LogP contribution in [0.2, 0.25) is 0 Å². The number of rotatable bonds is 7. The van der Waals surface area contributed by atoms with Crippen molar-refractivity contribution in [3.63, 3.8) is 0 Å². The number of nitrogens with one attached hydrogen (secondary N) is 1. The summed E-state index contributed by atoms with van der Waals surface area (Å²) < 4.78 is 5.72. The first-order valence-corrected chi connectivity index (χ1v) is 9.03. The van der Waals surface area contributed by atoms with Crippen LogP contribution in [0.1, 0.15) is 31.5 Å². The first-order chi connectivity index (χ1) is 13.0. The van der Waals surface area contributed by atoms with E-state index in [0.29, 0.717) is 29.4 Å². The number of primary amides is 1. The van der Waals surface area contributed by atoms with Gasteiger partial charge in [-0.15, -0.1) is 11.3 Å². The van der Waals surface area contributed by atoms with Gasteiger partial charge in [-0.1, -0.05) is 11.5 Å². The zero-order chi connectivity index (χ0) is 19.2. The third kappa shape index (κ3) is 5.06. The van der Waals surface area contributed by atoms with Crippen LogP contribution < -0.4 is 15.8 Å². The fourth-order valence-corrected chi connectivity index (χ4v) is 3.13. The van der Waals surface area contributed by atoms with E-state index in [1.165, 1.54) is 23.6 Å². The predicted octanol–water partition coefficient (Wildman–Crippen LogP) is 2.88. The van der Waals surface area contributed by atoms with E-state index in [4.69, 9.17) is 10.5 Å². The largest absolute Gasteiger partial charge is 0.457 e. The lowest BCUT2D eigenvalue weighted by molar-refractivity contribution is 0.0956. The molecule has 3 N–H and O–H groups in total. The molecule has 0 spiro atoms. The van der Waals surface area contributed by atoms with E-state index < -0.39 is 5.91 Å². The molecule has 2 aromatic heterocycles. The Labute approximate surface area is 160 Å². The number of pyridine rings is 1. The second kappa shape index (κ2) is 8.34. The molecule has 0 aliphatic heterocycles. The quantitative estimate of drug-likeness (QED) is 0.723. The summed E-state index contributed by atoms with van der Waals surface area (Å²) in [5.41, 5.74) is 12.1.